The van der Waals surface area contributed by atoms with Crippen LogP contribution in [0.1, 0.15) is 12.8 Å². The van der Waals surface area contributed by atoms with E-state index in [1.165, 1.54) is 12.8 Å². The summed E-state index contributed by atoms with van der Waals surface area (Å²) in [4.78, 5) is 21.9. The normalized spacial score (nSPS) is 18.9. The van der Waals surface area contributed by atoms with E-state index in [1.54, 1.807) is 10.6 Å². The van der Waals surface area contributed by atoms with Crippen LogP contribution in [0.25, 0.3) is 10.9 Å². The number of fused-ring (bicyclic) bond motifs is 1. The van der Waals surface area contributed by atoms with Gasteiger partial charge in [0.15, 0.2) is 0 Å². The molecule has 0 radical (unpaired) electrons. The smallest absolute Gasteiger partial charge is 0.262 e. The molecule has 2 heterocycles. The molecule has 0 aliphatic carbocycles. The minimum absolute atomic E-state index is 0.0765. The number of likely N-dealkylation sites (tertiary alicyclic amines) is 1. The van der Waals surface area contributed by atoms with Gasteiger partial charge in [-0.25, -0.2) is 4.98 Å². The molecule has 1 atom stereocenters. The number of aromatic nitrogens is 2. The Morgan fingerprint density at radius 1 is 1.38 bits per heavy atom. The quantitative estimate of drug-likeness (QED) is 0.892. The van der Waals surface area contributed by atoms with Crippen LogP contribution in [0.5, 0.6) is 0 Å². The van der Waals surface area contributed by atoms with Gasteiger partial charge in [-0.3, -0.25) is 9.36 Å². The molecule has 0 amide bonds. The Labute approximate surface area is 142 Å². The summed E-state index contributed by atoms with van der Waals surface area (Å²) >= 11 is 0. The Kier molecular flexibility index (Phi) is 5.16. The van der Waals surface area contributed by atoms with Crippen LogP contribution < -0.4 is 10.5 Å². The molecule has 3 rings (SSSR count). The van der Waals surface area contributed by atoms with Crippen LogP contribution in [0.15, 0.2) is 29.1 Å². The van der Waals surface area contributed by atoms with Gasteiger partial charge < -0.3 is 14.9 Å². The van der Waals surface area contributed by atoms with Gasteiger partial charge in [-0.15, -0.1) is 0 Å². The van der Waals surface area contributed by atoms with Crippen molar-refractivity contribution in [3.63, 3.8) is 0 Å². The van der Waals surface area contributed by atoms with Crippen molar-refractivity contribution < 1.29 is 5.11 Å². The molecule has 1 fully saturated rings. The van der Waals surface area contributed by atoms with Crippen LogP contribution in [0, 0.1) is 5.92 Å². The maximum Gasteiger partial charge on any atom is 0.262 e. The molecule has 6 nitrogen and oxygen atoms in total. The largest absolute Gasteiger partial charge is 0.395 e. The molecule has 0 bridgehead atoms. The molecule has 1 saturated heterocycles. The summed E-state index contributed by atoms with van der Waals surface area (Å²) in [6.07, 6.45) is 2.41. The summed E-state index contributed by atoms with van der Waals surface area (Å²) in [5.74, 6) is 1.21. The summed E-state index contributed by atoms with van der Waals surface area (Å²) in [5.41, 5.74) is 0.622. The molecule has 2 aromatic rings. The zero-order valence-electron chi connectivity index (χ0n) is 14.5. The number of aliphatic hydroxyl groups is 1. The summed E-state index contributed by atoms with van der Waals surface area (Å²) in [5, 5.41) is 9.96. The number of anilines is 1. The minimum Gasteiger partial charge on any atom is -0.395 e. The van der Waals surface area contributed by atoms with Crippen molar-refractivity contribution in [2.24, 2.45) is 5.92 Å². The lowest BCUT2D eigenvalue weighted by Gasteiger charge is -2.33. The molecular weight excluding hydrogens is 304 g/mol. The van der Waals surface area contributed by atoms with Crippen LogP contribution in [-0.2, 0) is 6.54 Å². The standard InChI is InChI=1S/C18H26N4O2/c1-20-9-5-6-14(12-20)13-21(2)18-19-16-8-4-3-7-15(16)17(24)22(18)10-11-23/h3-4,7-8,14,23H,5-6,9-13H2,1-2H3. The van der Waals surface area contributed by atoms with Gasteiger partial charge in [-0.1, -0.05) is 12.1 Å². The van der Waals surface area contributed by atoms with Crippen molar-refractivity contribution >= 4 is 16.9 Å². The first-order chi connectivity index (χ1) is 11.6. The van der Waals surface area contributed by atoms with Gasteiger partial charge in [0.1, 0.15) is 0 Å². The third-order valence-electron chi connectivity index (χ3n) is 4.76. The summed E-state index contributed by atoms with van der Waals surface area (Å²) in [6, 6.07) is 7.39. The van der Waals surface area contributed by atoms with Crippen molar-refractivity contribution in [1.29, 1.82) is 0 Å². The maximum absolute atomic E-state index is 12.8. The van der Waals surface area contributed by atoms with Crippen LogP contribution in [0.4, 0.5) is 5.95 Å². The lowest BCUT2D eigenvalue weighted by molar-refractivity contribution is 0.212. The lowest BCUT2D eigenvalue weighted by atomic mass is 9.98. The third-order valence-corrected chi connectivity index (χ3v) is 4.76. The molecule has 1 aromatic heterocycles. The van der Waals surface area contributed by atoms with Gasteiger partial charge in [0, 0.05) is 20.1 Å². The zero-order valence-corrected chi connectivity index (χ0v) is 14.5. The molecule has 130 valence electrons. The molecule has 1 unspecified atom stereocenters. The van der Waals surface area contributed by atoms with E-state index in [2.05, 4.69) is 16.8 Å². The van der Waals surface area contributed by atoms with Gasteiger partial charge in [0.05, 0.1) is 24.1 Å². The number of nitrogens with zero attached hydrogens (tertiary/aromatic N) is 4. The second-order valence-electron chi connectivity index (χ2n) is 6.76. The van der Waals surface area contributed by atoms with E-state index in [9.17, 15) is 9.90 Å². The number of para-hydroxylation sites is 1. The number of aliphatic hydroxyl groups excluding tert-OH is 1. The maximum atomic E-state index is 12.8. The second-order valence-corrected chi connectivity index (χ2v) is 6.76. The first-order valence-corrected chi connectivity index (χ1v) is 8.60. The van der Waals surface area contributed by atoms with Gasteiger partial charge in [0.2, 0.25) is 5.95 Å². The van der Waals surface area contributed by atoms with Crippen LogP contribution in [0.2, 0.25) is 0 Å². The molecule has 1 aromatic carbocycles. The van der Waals surface area contributed by atoms with Crippen LogP contribution >= 0.6 is 0 Å². The predicted molar refractivity (Wildman–Crippen MR) is 96.6 cm³/mol. The van der Waals surface area contributed by atoms with Gasteiger partial charge in [-0.05, 0) is 44.5 Å². The van der Waals surface area contributed by atoms with Crippen molar-refractivity contribution in [3.8, 4) is 0 Å². The van der Waals surface area contributed by atoms with Crippen molar-refractivity contribution in [2.45, 2.75) is 19.4 Å². The van der Waals surface area contributed by atoms with Crippen LogP contribution in [-0.4, -0.2) is 59.9 Å². The Balaban J connectivity index is 1.94. The van der Waals surface area contributed by atoms with Crippen molar-refractivity contribution in [1.82, 2.24) is 14.5 Å². The molecule has 6 heteroatoms. The predicted octanol–water partition coefficient (Wildman–Crippen LogP) is 1.17. The first-order valence-electron chi connectivity index (χ1n) is 8.60. The fourth-order valence-corrected chi connectivity index (χ4v) is 3.64. The molecule has 1 aliphatic rings. The number of rotatable bonds is 5. The second kappa shape index (κ2) is 7.32. The topological polar surface area (TPSA) is 61.6 Å². The summed E-state index contributed by atoms with van der Waals surface area (Å²) < 4.78 is 1.59. The first kappa shape index (κ1) is 16.9. The van der Waals surface area contributed by atoms with Gasteiger partial charge in [0.25, 0.3) is 5.56 Å². The fourth-order valence-electron chi connectivity index (χ4n) is 3.64. The number of benzene rings is 1. The monoisotopic (exact) mass is 330 g/mol. The van der Waals surface area contributed by atoms with Gasteiger partial charge >= 0.3 is 0 Å². The number of piperidine rings is 1. The molecule has 24 heavy (non-hydrogen) atoms. The third kappa shape index (κ3) is 3.44. The highest BCUT2D eigenvalue weighted by Crippen LogP contribution is 2.19. The van der Waals surface area contributed by atoms with Gasteiger partial charge in [-0.2, -0.15) is 0 Å². The Bertz CT molecular complexity index is 758. The highest BCUT2D eigenvalue weighted by Gasteiger charge is 2.21. The molecular formula is C18H26N4O2. The molecule has 1 N–H and O–H groups in total. The Morgan fingerprint density at radius 3 is 2.92 bits per heavy atom. The highest BCUT2D eigenvalue weighted by molar-refractivity contribution is 5.78. The molecule has 0 spiro atoms. The lowest BCUT2D eigenvalue weighted by Crippen LogP contribution is -2.40. The van der Waals surface area contributed by atoms with E-state index in [0.29, 0.717) is 22.8 Å². The van der Waals surface area contributed by atoms with Crippen molar-refractivity contribution in [2.75, 3.05) is 45.2 Å². The Morgan fingerprint density at radius 2 is 2.17 bits per heavy atom. The van der Waals surface area contributed by atoms with E-state index in [4.69, 9.17) is 4.98 Å². The van der Waals surface area contributed by atoms with Crippen molar-refractivity contribution in [3.05, 3.63) is 34.6 Å². The summed E-state index contributed by atoms with van der Waals surface area (Å²) in [7, 11) is 4.14. The van der Waals surface area contributed by atoms with Crippen LogP contribution in [0.3, 0.4) is 0 Å². The molecule has 1 aliphatic heterocycles. The minimum atomic E-state index is -0.0859. The Hall–Kier alpha value is -1.92. The van der Waals surface area contributed by atoms with E-state index < -0.39 is 0 Å². The fraction of sp³-hybridized carbons (Fsp3) is 0.556. The summed E-state index contributed by atoms with van der Waals surface area (Å²) in [6.45, 7) is 3.28. The highest BCUT2D eigenvalue weighted by atomic mass is 16.3. The zero-order chi connectivity index (χ0) is 17.1. The average molecular weight is 330 g/mol. The van der Waals surface area contributed by atoms with E-state index in [0.717, 1.165) is 19.6 Å². The number of hydrogen-bond acceptors (Lipinski definition) is 5. The molecule has 0 saturated carbocycles. The van der Waals surface area contributed by atoms with E-state index in [1.807, 2.05) is 25.2 Å². The van der Waals surface area contributed by atoms with E-state index in [-0.39, 0.29) is 18.7 Å². The van der Waals surface area contributed by atoms with E-state index >= 15 is 0 Å². The average Bonchev–Trinajstić information content (AvgIpc) is 2.57. The SMILES string of the molecule is CN1CCCC(CN(C)c2nc3ccccc3c(=O)n2CCO)C1. The number of hydrogen-bond donors (Lipinski definition) is 1.